The van der Waals surface area contributed by atoms with E-state index in [2.05, 4.69) is 10.0 Å². The van der Waals surface area contributed by atoms with Crippen molar-refractivity contribution in [3.05, 3.63) is 83.8 Å². The van der Waals surface area contributed by atoms with Crippen LogP contribution in [-0.4, -0.2) is 21.4 Å². The number of hydrogen-bond donors (Lipinski definition) is 2. The highest BCUT2D eigenvalue weighted by Gasteiger charge is 2.14. The zero-order valence-electron chi connectivity index (χ0n) is 16.6. The van der Waals surface area contributed by atoms with E-state index >= 15 is 0 Å². The summed E-state index contributed by atoms with van der Waals surface area (Å²) in [6.07, 6.45) is 2.84. The number of furan rings is 1. The minimum atomic E-state index is -3.62. The molecule has 0 bridgehead atoms. The molecule has 3 rings (SSSR count). The van der Waals surface area contributed by atoms with Crippen LogP contribution < -0.4 is 14.8 Å². The summed E-state index contributed by atoms with van der Waals surface area (Å²) in [6.45, 7) is 1.92. The predicted octanol–water partition coefficient (Wildman–Crippen LogP) is 3.73. The van der Waals surface area contributed by atoms with E-state index in [0.29, 0.717) is 23.0 Å². The molecule has 0 aliphatic carbocycles. The Morgan fingerprint density at radius 1 is 1.10 bits per heavy atom. The standard InChI is InChI=1S/C22H22N2O5S/c1-16-8-12-21(28-2)20(14-16)24-22(25)13-11-17-9-10-18(29-17)15-23-30(26,27)19-6-4-3-5-7-19/h3-14,23H,15H2,1-2H3,(H,24,25)/b13-11+. The number of amides is 1. The molecule has 0 saturated heterocycles. The van der Waals surface area contributed by atoms with Gasteiger partial charge in [0.1, 0.15) is 17.3 Å². The maximum atomic E-state index is 12.2. The van der Waals surface area contributed by atoms with Crippen LogP contribution in [0.3, 0.4) is 0 Å². The first kappa shape index (κ1) is 21.4. The summed E-state index contributed by atoms with van der Waals surface area (Å²) in [5.74, 6) is 1.07. The summed E-state index contributed by atoms with van der Waals surface area (Å²) in [5, 5.41) is 2.76. The molecule has 156 valence electrons. The second kappa shape index (κ2) is 9.43. The van der Waals surface area contributed by atoms with Crippen LogP contribution in [-0.2, 0) is 21.4 Å². The van der Waals surface area contributed by atoms with Crippen molar-refractivity contribution in [2.75, 3.05) is 12.4 Å². The van der Waals surface area contributed by atoms with E-state index in [4.69, 9.17) is 9.15 Å². The fraction of sp³-hybridized carbons (Fsp3) is 0.136. The van der Waals surface area contributed by atoms with Crippen molar-refractivity contribution in [2.45, 2.75) is 18.4 Å². The largest absolute Gasteiger partial charge is 0.495 e. The molecule has 1 aromatic heterocycles. The van der Waals surface area contributed by atoms with E-state index < -0.39 is 10.0 Å². The van der Waals surface area contributed by atoms with Crippen molar-refractivity contribution in [1.82, 2.24) is 4.72 Å². The highest BCUT2D eigenvalue weighted by molar-refractivity contribution is 7.89. The monoisotopic (exact) mass is 426 g/mol. The number of rotatable bonds is 8. The Kier molecular flexibility index (Phi) is 6.71. The Morgan fingerprint density at radius 3 is 2.60 bits per heavy atom. The third-order valence-electron chi connectivity index (χ3n) is 4.18. The first-order chi connectivity index (χ1) is 14.4. The van der Waals surface area contributed by atoms with Crippen LogP contribution in [0.5, 0.6) is 5.75 Å². The van der Waals surface area contributed by atoms with E-state index in [9.17, 15) is 13.2 Å². The van der Waals surface area contributed by atoms with Crippen LogP contribution in [0, 0.1) is 6.92 Å². The van der Waals surface area contributed by atoms with E-state index in [-0.39, 0.29) is 17.3 Å². The van der Waals surface area contributed by atoms with Gasteiger partial charge in [-0.2, -0.15) is 0 Å². The summed E-state index contributed by atoms with van der Waals surface area (Å²) in [6, 6.07) is 16.9. The molecule has 30 heavy (non-hydrogen) atoms. The maximum absolute atomic E-state index is 12.2. The number of carbonyl (C=O) groups is 1. The number of benzene rings is 2. The van der Waals surface area contributed by atoms with Gasteiger partial charge in [-0.05, 0) is 55.0 Å². The number of anilines is 1. The van der Waals surface area contributed by atoms with Crippen molar-refractivity contribution in [3.8, 4) is 5.75 Å². The molecule has 0 radical (unpaired) electrons. The van der Waals surface area contributed by atoms with Gasteiger partial charge in [0.25, 0.3) is 0 Å². The van der Waals surface area contributed by atoms with E-state index in [1.165, 1.54) is 31.4 Å². The molecule has 3 aromatic rings. The summed E-state index contributed by atoms with van der Waals surface area (Å²) in [4.78, 5) is 12.4. The maximum Gasteiger partial charge on any atom is 0.248 e. The molecule has 0 spiro atoms. The quantitative estimate of drug-likeness (QED) is 0.535. The topological polar surface area (TPSA) is 97.6 Å². The molecule has 7 nitrogen and oxygen atoms in total. The van der Waals surface area contributed by atoms with Crippen molar-refractivity contribution in [1.29, 1.82) is 0 Å². The molecule has 8 heteroatoms. The van der Waals surface area contributed by atoms with Crippen LogP contribution in [0.25, 0.3) is 6.08 Å². The van der Waals surface area contributed by atoms with Crippen molar-refractivity contribution < 1.29 is 22.4 Å². The van der Waals surface area contributed by atoms with Gasteiger partial charge in [0, 0.05) is 6.08 Å². The van der Waals surface area contributed by atoms with Gasteiger partial charge in [0.2, 0.25) is 15.9 Å². The minimum absolute atomic E-state index is 0.00223. The smallest absolute Gasteiger partial charge is 0.248 e. The molecule has 0 saturated carbocycles. The van der Waals surface area contributed by atoms with E-state index in [1.807, 2.05) is 19.1 Å². The van der Waals surface area contributed by atoms with E-state index in [0.717, 1.165) is 5.56 Å². The summed E-state index contributed by atoms with van der Waals surface area (Å²) in [5.41, 5.74) is 1.56. The average Bonchev–Trinajstić information content (AvgIpc) is 3.20. The first-order valence-electron chi connectivity index (χ1n) is 9.14. The third-order valence-corrected chi connectivity index (χ3v) is 5.60. The summed E-state index contributed by atoms with van der Waals surface area (Å²) < 4.78 is 37.8. The van der Waals surface area contributed by atoms with Crippen LogP contribution in [0.15, 0.2) is 76.1 Å². The fourth-order valence-corrected chi connectivity index (χ4v) is 3.69. The molecule has 0 aliphatic rings. The lowest BCUT2D eigenvalue weighted by molar-refractivity contribution is -0.111. The normalized spacial score (nSPS) is 11.5. The fourth-order valence-electron chi connectivity index (χ4n) is 2.68. The van der Waals surface area contributed by atoms with E-state index in [1.54, 1.807) is 36.4 Å². The lowest BCUT2D eigenvalue weighted by Gasteiger charge is -2.09. The van der Waals surface area contributed by atoms with Gasteiger partial charge >= 0.3 is 0 Å². The molecular formula is C22H22N2O5S. The zero-order chi connectivity index (χ0) is 21.6. The second-order valence-corrected chi connectivity index (χ2v) is 8.23. The zero-order valence-corrected chi connectivity index (χ0v) is 17.4. The first-order valence-corrected chi connectivity index (χ1v) is 10.6. The van der Waals surface area contributed by atoms with Gasteiger partial charge in [-0.3, -0.25) is 4.79 Å². The molecule has 1 amide bonds. The minimum Gasteiger partial charge on any atom is -0.495 e. The number of nitrogens with one attached hydrogen (secondary N) is 2. The number of hydrogen-bond acceptors (Lipinski definition) is 5. The molecule has 2 N–H and O–H groups in total. The molecule has 2 aromatic carbocycles. The highest BCUT2D eigenvalue weighted by Crippen LogP contribution is 2.25. The van der Waals surface area contributed by atoms with Gasteiger partial charge in [0.15, 0.2) is 0 Å². The number of carbonyl (C=O) groups excluding carboxylic acids is 1. The number of sulfonamides is 1. The van der Waals surface area contributed by atoms with Crippen LogP contribution in [0.2, 0.25) is 0 Å². The molecule has 0 fully saturated rings. The summed E-state index contributed by atoms with van der Waals surface area (Å²) >= 11 is 0. The summed E-state index contributed by atoms with van der Waals surface area (Å²) in [7, 11) is -2.09. The number of aryl methyl sites for hydroxylation is 1. The van der Waals surface area contributed by atoms with Crippen molar-refractivity contribution >= 4 is 27.7 Å². The Balaban J connectivity index is 1.59. The lowest BCUT2D eigenvalue weighted by atomic mass is 10.2. The predicted molar refractivity (Wildman–Crippen MR) is 115 cm³/mol. The SMILES string of the molecule is COc1ccc(C)cc1NC(=O)/C=C/c1ccc(CNS(=O)(=O)c2ccccc2)o1. The highest BCUT2D eigenvalue weighted by atomic mass is 32.2. The van der Waals surface area contributed by atoms with Crippen LogP contribution in [0.4, 0.5) is 5.69 Å². The van der Waals surface area contributed by atoms with Crippen LogP contribution >= 0.6 is 0 Å². The molecule has 1 heterocycles. The van der Waals surface area contributed by atoms with Crippen molar-refractivity contribution in [3.63, 3.8) is 0 Å². The molecular weight excluding hydrogens is 404 g/mol. The molecule has 0 atom stereocenters. The lowest BCUT2D eigenvalue weighted by Crippen LogP contribution is -2.22. The van der Waals surface area contributed by atoms with Gasteiger partial charge in [0.05, 0.1) is 24.2 Å². The Labute approximate surface area is 175 Å². The third kappa shape index (κ3) is 5.59. The Hall–Kier alpha value is -3.36. The van der Waals surface area contributed by atoms with Crippen molar-refractivity contribution in [2.24, 2.45) is 0 Å². The second-order valence-electron chi connectivity index (χ2n) is 6.47. The van der Waals surface area contributed by atoms with Gasteiger partial charge in [-0.1, -0.05) is 24.3 Å². The Morgan fingerprint density at radius 2 is 1.87 bits per heavy atom. The molecule has 0 aliphatic heterocycles. The number of methoxy groups -OCH3 is 1. The molecule has 0 unspecified atom stereocenters. The average molecular weight is 426 g/mol. The number of ether oxygens (including phenoxy) is 1. The van der Waals surface area contributed by atoms with Crippen LogP contribution in [0.1, 0.15) is 17.1 Å². The van der Waals surface area contributed by atoms with Gasteiger partial charge in [-0.25, -0.2) is 13.1 Å². The van der Waals surface area contributed by atoms with Gasteiger partial charge < -0.3 is 14.5 Å². The Bertz CT molecular complexity index is 1150. The van der Waals surface area contributed by atoms with Gasteiger partial charge in [-0.15, -0.1) is 0 Å².